The Balaban J connectivity index is 2.22. The van der Waals surface area contributed by atoms with Crippen molar-refractivity contribution in [2.24, 2.45) is 11.8 Å². The predicted molar refractivity (Wildman–Crippen MR) is 65.2 cm³/mol. The van der Waals surface area contributed by atoms with Crippen LogP contribution in [0.25, 0.3) is 0 Å². The van der Waals surface area contributed by atoms with Gasteiger partial charge in [0, 0.05) is 6.04 Å². The van der Waals surface area contributed by atoms with E-state index in [1.165, 1.54) is 39.2 Å². The van der Waals surface area contributed by atoms with Gasteiger partial charge in [0.05, 0.1) is 13.0 Å². The van der Waals surface area contributed by atoms with Crippen molar-refractivity contribution >= 4 is 5.97 Å². The monoisotopic (exact) mass is 227 g/mol. The molecule has 2 atom stereocenters. The number of esters is 1. The lowest BCUT2D eigenvalue weighted by molar-refractivity contribution is -0.145. The van der Waals surface area contributed by atoms with E-state index < -0.39 is 0 Å². The van der Waals surface area contributed by atoms with Gasteiger partial charge >= 0.3 is 5.97 Å². The molecule has 0 radical (unpaired) electrons. The van der Waals surface area contributed by atoms with Gasteiger partial charge in [0.2, 0.25) is 0 Å². The number of nitrogens with one attached hydrogen (secondary N) is 1. The zero-order valence-electron chi connectivity index (χ0n) is 10.8. The summed E-state index contributed by atoms with van der Waals surface area (Å²) in [5.74, 6) is 0.623. The van der Waals surface area contributed by atoms with Crippen molar-refractivity contribution in [1.82, 2.24) is 5.32 Å². The minimum atomic E-state index is -0.122. The van der Waals surface area contributed by atoms with E-state index >= 15 is 0 Å². The number of hydrogen-bond acceptors (Lipinski definition) is 3. The molecule has 2 unspecified atom stereocenters. The van der Waals surface area contributed by atoms with Gasteiger partial charge in [-0.3, -0.25) is 4.79 Å². The van der Waals surface area contributed by atoms with Gasteiger partial charge < -0.3 is 10.1 Å². The van der Waals surface area contributed by atoms with Crippen molar-refractivity contribution in [2.75, 3.05) is 13.7 Å². The van der Waals surface area contributed by atoms with Crippen molar-refractivity contribution in [3.8, 4) is 0 Å². The number of carbonyl (C=O) groups excluding carboxylic acids is 1. The lowest BCUT2D eigenvalue weighted by atomic mass is 9.89. The zero-order valence-corrected chi connectivity index (χ0v) is 10.8. The van der Waals surface area contributed by atoms with Crippen molar-refractivity contribution in [1.29, 1.82) is 0 Å². The van der Waals surface area contributed by atoms with E-state index in [1.807, 2.05) is 6.92 Å². The van der Waals surface area contributed by atoms with Gasteiger partial charge in [-0.1, -0.05) is 26.2 Å². The highest BCUT2D eigenvalue weighted by molar-refractivity contribution is 5.72. The number of carbonyl (C=O) groups is 1. The van der Waals surface area contributed by atoms with Crippen LogP contribution in [0.2, 0.25) is 0 Å². The zero-order chi connectivity index (χ0) is 12.0. The van der Waals surface area contributed by atoms with E-state index in [9.17, 15) is 4.79 Å². The third kappa shape index (κ3) is 4.12. The van der Waals surface area contributed by atoms with Crippen molar-refractivity contribution in [2.45, 2.75) is 52.0 Å². The van der Waals surface area contributed by atoms with Crippen LogP contribution in [0, 0.1) is 11.8 Å². The predicted octanol–water partition coefficient (Wildman–Crippen LogP) is 2.35. The van der Waals surface area contributed by atoms with E-state index in [2.05, 4.69) is 12.2 Å². The van der Waals surface area contributed by atoms with Gasteiger partial charge in [-0.15, -0.1) is 0 Å². The molecule has 0 aromatic rings. The number of rotatable bonds is 5. The molecule has 94 valence electrons. The van der Waals surface area contributed by atoms with Gasteiger partial charge in [0.15, 0.2) is 0 Å². The Morgan fingerprint density at radius 3 is 2.50 bits per heavy atom. The van der Waals surface area contributed by atoms with Crippen LogP contribution in [0.4, 0.5) is 0 Å². The van der Waals surface area contributed by atoms with E-state index in [-0.39, 0.29) is 17.9 Å². The molecule has 1 fully saturated rings. The fourth-order valence-electron chi connectivity index (χ4n) is 2.31. The first-order chi connectivity index (χ1) is 7.65. The standard InChI is InChI=1S/C13H25NO2/c1-10(13(15)16-3)11(2)14-9-12-7-5-4-6-8-12/h10-12,14H,4-9H2,1-3H3. The largest absolute Gasteiger partial charge is 0.469 e. The second-order valence-electron chi connectivity index (χ2n) is 5.01. The highest BCUT2D eigenvalue weighted by Gasteiger charge is 2.21. The van der Waals surface area contributed by atoms with Crippen LogP contribution in [0.3, 0.4) is 0 Å². The van der Waals surface area contributed by atoms with E-state index in [0.29, 0.717) is 0 Å². The summed E-state index contributed by atoms with van der Waals surface area (Å²) in [6.07, 6.45) is 6.81. The first-order valence-corrected chi connectivity index (χ1v) is 6.46. The Hall–Kier alpha value is -0.570. The van der Waals surface area contributed by atoms with Gasteiger partial charge in [0.1, 0.15) is 0 Å². The average molecular weight is 227 g/mol. The van der Waals surface area contributed by atoms with Crippen LogP contribution in [0.15, 0.2) is 0 Å². The maximum absolute atomic E-state index is 11.3. The van der Waals surface area contributed by atoms with Crippen LogP contribution < -0.4 is 5.32 Å². The van der Waals surface area contributed by atoms with Crippen LogP contribution in [-0.2, 0) is 9.53 Å². The summed E-state index contributed by atoms with van der Waals surface area (Å²) < 4.78 is 4.75. The molecule has 0 bridgehead atoms. The Labute approximate surface area is 98.9 Å². The Morgan fingerprint density at radius 2 is 1.94 bits per heavy atom. The molecule has 0 aromatic heterocycles. The molecule has 0 amide bonds. The number of methoxy groups -OCH3 is 1. The van der Waals surface area contributed by atoms with Crippen molar-refractivity contribution in [3.05, 3.63) is 0 Å². The highest BCUT2D eigenvalue weighted by atomic mass is 16.5. The quantitative estimate of drug-likeness (QED) is 0.733. The maximum Gasteiger partial charge on any atom is 0.309 e. The summed E-state index contributed by atoms with van der Waals surface area (Å²) in [4.78, 5) is 11.3. The molecule has 0 heterocycles. The van der Waals surface area contributed by atoms with Crippen LogP contribution >= 0.6 is 0 Å². The molecule has 3 nitrogen and oxygen atoms in total. The molecule has 3 heteroatoms. The summed E-state index contributed by atoms with van der Waals surface area (Å²) in [7, 11) is 1.45. The molecule has 1 aliphatic carbocycles. The fourth-order valence-corrected chi connectivity index (χ4v) is 2.31. The SMILES string of the molecule is COC(=O)C(C)C(C)NCC1CCCCC1. The highest BCUT2D eigenvalue weighted by Crippen LogP contribution is 2.23. The summed E-state index contributed by atoms with van der Waals surface area (Å²) in [5.41, 5.74) is 0. The number of hydrogen-bond donors (Lipinski definition) is 1. The average Bonchev–Trinajstić information content (AvgIpc) is 2.35. The second kappa shape index (κ2) is 6.89. The first-order valence-electron chi connectivity index (χ1n) is 6.46. The molecule has 0 saturated heterocycles. The van der Waals surface area contributed by atoms with Gasteiger partial charge in [0.25, 0.3) is 0 Å². The first kappa shape index (κ1) is 13.5. The lowest BCUT2D eigenvalue weighted by Gasteiger charge is -2.25. The van der Waals surface area contributed by atoms with Gasteiger partial charge in [-0.25, -0.2) is 0 Å². The summed E-state index contributed by atoms with van der Waals surface area (Å²) in [5, 5.41) is 3.47. The van der Waals surface area contributed by atoms with E-state index in [4.69, 9.17) is 4.74 Å². The third-order valence-electron chi connectivity index (χ3n) is 3.78. The minimum Gasteiger partial charge on any atom is -0.469 e. The van der Waals surface area contributed by atoms with Crippen molar-refractivity contribution < 1.29 is 9.53 Å². The molecular weight excluding hydrogens is 202 g/mol. The Bertz CT molecular complexity index is 212. The maximum atomic E-state index is 11.3. The lowest BCUT2D eigenvalue weighted by Crippen LogP contribution is -2.39. The smallest absolute Gasteiger partial charge is 0.309 e. The number of ether oxygens (including phenoxy) is 1. The van der Waals surface area contributed by atoms with Gasteiger partial charge in [-0.2, -0.15) is 0 Å². The van der Waals surface area contributed by atoms with Crippen molar-refractivity contribution in [3.63, 3.8) is 0 Å². The topological polar surface area (TPSA) is 38.3 Å². The summed E-state index contributed by atoms with van der Waals surface area (Å²) in [6, 6.07) is 0.203. The molecule has 0 spiro atoms. The normalized spacial score (nSPS) is 21.4. The molecule has 1 aliphatic rings. The molecule has 1 N–H and O–H groups in total. The van der Waals surface area contributed by atoms with Gasteiger partial charge in [-0.05, 0) is 32.2 Å². The summed E-state index contributed by atoms with van der Waals surface area (Å²) >= 11 is 0. The minimum absolute atomic E-state index is 0.0615. The molecule has 1 saturated carbocycles. The molecule has 0 aromatic carbocycles. The fraction of sp³-hybridized carbons (Fsp3) is 0.923. The van der Waals surface area contributed by atoms with Crippen LogP contribution in [0.1, 0.15) is 46.0 Å². The summed E-state index contributed by atoms with van der Waals surface area (Å²) in [6.45, 7) is 5.03. The Kier molecular flexibility index (Phi) is 5.81. The third-order valence-corrected chi connectivity index (χ3v) is 3.78. The molecule has 0 aliphatic heterocycles. The molecular formula is C13H25NO2. The van der Waals surface area contributed by atoms with E-state index in [1.54, 1.807) is 0 Å². The molecule has 16 heavy (non-hydrogen) atoms. The second-order valence-corrected chi connectivity index (χ2v) is 5.01. The molecule has 1 rings (SSSR count). The van der Waals surface area contributed by atoms with E-state index in [0.717, 1.165) is 12.5 Å². The van der Waals surface area contributed by atoms with Crippen LogP contribution in [0.5, 0.6) is 0 Å². The Morgan fingerprint density at radius 1 is 1.31 bits per heavy atom. The van der Waals surface area contributed by atoms with Crippen LogP contribution in [-0.4, -0.2) is 25.7 Å².